The van der Waals surface area contributed by atoms with Gasteiger partial charge in [0.05, 0.1) is 5.56 Å². The average molecular weight is 322 g/mol. The molecule has 0 amide bonds. The van der Waals surface area contributed by atoms with Gasteiger partial charge in [-0.1, -0.05) is 11.6 Å². The molecule has 0 saturated heterocycles. The quantitative estimate of drug-likeness (QED) is 0.662. The second kappa shape index (κ2) is 5.42. The lowest BCUT2D eigenvalue weighted by molar-refractivity contribution is -0.294. The van der Waals surface area contributed by atoms with E-state index < -0.39 is 34.1 Å². The summed E-state index contributed by atoms with van der Waals surface area (Å²) in [5, 5.41) is -0.468. The highest BCUT2D eigenvalue weighted by Gasteiger charge is 2.55. The van der Waals surface area contributed by atoms with E-state index in [1.54, 1.807) is 0 Å². The van der Waals surface area contributed by atoms with E-state index >= 15 is 0 Å². The third kappa shape index (κ3) is 3.36. The van der Waals surface area contributed by atoms with Crippen LogP contribution in [-0.2, 0) is 16.6 Å². The summed E-state index contributed by atoms with van der Waals surface area (Å²) in [5.74, 6) is 0. The third-order valence-electron chi connectivity index (χ3n) is 2.62. The van der Waals surface area contributed by atoms with Crippen molar-refractivity contribution in [2.75, 3.05) is 7.05 Å². The van der Waals surface area contributed by atoms with E-state index in [4.69, 9.17) is 11.6 Å². The van der Waals surface area contributed by atoms with E-state index in [-0.39, 0.29) is 0 Å². The molecule has 0 aliphatic carbocycles. The van der Waals surface area contributed by atoms with Crippen LogP contribution in [0.5, 0.6) is 0 Å². The maximum Gasteiger partial charge on any atom is 0.423 e. The summed E-state index contributed by atoms with van der Waals surface area (Å²) in [6.45, 7) is 0.606. The third-order valence-corrected chi connectivity index (χ3v) is 2.84. The van der Waals surface area contributed by atoms with Crippen LogP contribution in [0.3, 0.4) is 0 Å². The van der Waals surface area contributed by atoms with Gasteiger partial charge in [0.25, 0.3) is 0 Å². The largest absolute Gasteiger partial charge is 0.423 e. The van der Waals surface area contributed by atoms with Crippen molar-refractivity contribution in [2.24, 2.45) is 0 Å². The SMILES string of the molecule is CNOC(C)(c1cc(Cl)cc(C(F)(F)F)c1)C(F)(F)F. The van der Waals surface area contributed by atoms with Gasteiger partial charge in [0.2, 0.25) is 5.60 Å². The lowest BCUT2D eigenvalue weighted by Gasteiger charge is -2.32. The molecular formula is C11H10ClF6NO. The first-order chi connectivity index (χ1) is 8.91. The van der Waals surface area contributed by atoms with Gasteiger partial charge >= 0.3 is 12.4 Å². The summed E-state index contributed by atoms with van der Waals surface area (Å²) in [5.41, 5.74) is -3.15. The first kappa shape index (κ1) is 17.1. The molecule has 0 radical (unpaired) electrons. The second-order valence-corrected chi connectivity index (χ2v) is 4.50. The summed E-state index contributed by atoms with van der Waals surface area (Å²) in [4.78, 5) is 4.40. The average Bonchev–Trinajstić information content (AvgIpc) is 2.25. The molecule has 1 atom stereocenters. The minimum absolute atomic E-state index is 0.358. The smallest absolute Gasteiger partial charge is 0.281 e. The Kier molecular flexibility index (Phi) is 4.62. The molecular weight excluding hydrogens is 312 g/mol. The van der Waals surface area contributed by atoms with Crippen molar-refractivity contribution >= 4 is 11.6 Å². The second-order valence-electron chi connectivity index (χ2n) is 4.06. The summed E-state index contributed by atoms with van der Waals surface area (Å²) >= 11 is 5.47. The van der Waals surface area contributed by atoms with Crippen LogP contribution in [0.1, 0.15) is 18.1 Å². The molecule has 1 aromatic carbocycles. The van der Waals surface area contributed by atoms with Crippen molar-refractivity contribution in [2.45, 2.75) is 24.9 Å². The van der Waals surface area contributed by atoms with Crippen LogP contribution in [0.25, 0.3) is 0 Å². The van der Waals surface area contributed by atoms with Crippen LogP contribution in [0, 0.1) is 0 Å². The van der Waals surface area contributed by atoms with Gasteiger partial charge in [-0.25, -0.2) is 5.48 Å². The Balaban J connectivity index is 3.46. The molecule has 1 rings (SSSR count). The van der Waals surface area contributed by atoms with Crippen molar-refractivity contribution in [3.63, 3.8) is 0 Å². The lowest BCUT2D eigenvalue weighted by atomic mass is 9.93. The molecule has 1 aromatic rings. The van der Waals surface area contributed by atoms with Crippen LogP contribution in [0.4, 0.5) is 26.3 Å². The fourth-order valence-corrected chi connectivity index (χ4v) is 1.75. The Labute approximate surface area is 115 Å². The first-order valence-electron chi connectivity index (χ1n) is 5.21. The van der Waals surface area contributed by atoms with E-state index in [1.807, 2.05) is 5.48 Å². The molecule has 1 N–H and O–H groups in total. The molecule has 9 heteroatoms. The van der Waals surface area contributed by atoms with Gasteiger partial charge in [-0.05, 0) is 30.7 Å². The molecule has 114 valence electrons. The highest BCUT2D eigenvalue weighted by Crippen LogP contribution is 2.43. The van der Waals surface area contributed by atoms with Gasteiger partial charge in [0, 0.05) is 12.1 Å². The summed E-state index contributed by atoms with van der Waals surface area (Å²) in [7, 11) is 1.07. The fraction of sp³-hybridized carbons (Fsp3) is 0.455. The maximum absolute atomic E-state index is 13.0. The Morgan fingerprint density at radius 1 is 1.00 bits per heavy atom. The molecule has 20 heavy (non-hydrogen) atoms. The molecule has 0 fully saturated rings. The number of benzene rings is 1. The van der Waals surface area contributed by atoms with Crippen LogP contribution in [0.2, 0.25) is 5.02 Å². The van der Waals surface area contributed by atoms with E-state index in [2.05, 4.69) is 4.84 Å². The molecule has 2 nitrogen and oxygen atoms in total. The zero-order chi connectivity index (χ0) is 15.8. The van der Waals surface area contributed by atoms with Gasteiger partial charge in [-0.15, -0.1) is 0 Å². The normalized spacial score (nSPS) is 16.1. The monoisotopic (exact) mass is 321 g/mol. The molecule has 0 aliphatic heterocycles. The summed E-state index contributed by atoms with van der Waals surface area (Å²) in [6, 6.07) is 1.68. The Hall–Kier alpha value is -0.990. The standard InChI is InChI=1S/C11H10ClF6NO/c1-9(20-19-2,11(16,17)18)6-3-7(10(13,14)15)5-8(12)4-6/h3-5,19H,1-2H3. The van der Waals surface area contributed by atoms with E-state index in [9.17, 15) is 26.3 Å². The van der Waals surface area contributed by atoms with E-state index in [0.717, 1.165) is 13.1 Å². The predicted molar refractivity (Wildman–Crippen MR) is 60.0 cm³/mol. The number of hydroxylamine groups is 1. The van der Waals surface area contributed by atoms with Crippen LogP contribution in [-0.4, -0.2) is 13.2 Å². The minimum atomic E-state index is -4.94. The summed E-state index contributed by atoms with van der Waals surface area (Å²) in [6.07, 6.45) is -9.75. The highest BCUT2D eigenvalue weighted by molar-refractivity contribution is 6.30. The molecule has 0 saturated carbocycles. The van der Waals surface area contributed by atoms with Gasteiger partial charge in [0.15, 0.2) is 0 Å². The Morgan fingerprint density at radius 3 is 1.90 bits per heavy atom. The van der Waals surface area contributed by atoms with Crippen molar-refractivity contribution in [3.8, 4) is 0 Å². The molecule has 0 spiro atoms. The zero-order valence-corrected chi connectivity index (χ0v) is 11.0. The van der Waals surface area contributed by atoms with Crippen molar-refractivity contribution in [3.05, 3.63) is 34.3 Å². The molecule has 0 aliphatic rings. The minimum Gasteiger partial charge on any atom is -0.281 e. The van der Waals surface area contributed by atoms with E-state index in [1.165, 1.54) is 0 Å². The first-order valence-corrected chi connectivity index (χ1v) is 5.59. The number of rotatable bonds is 3. The van der Waals surface area contributed by atoms with Crippen molar-refractivity contribution < 1.29 is 31.2 Å². The van der Waals surface area contributed by atoms with Crippen molar-refractivity contribution in [1.82, 2.24) is 5.48 Å². The molecule has 1 unspecified atom stereocenters. The number of alkyl halides is 6. The van der Waals surface area contributed by atoms with Crippen LogP contribution in [0.15, 0.2) is 18.2 Å². The maximum atomic E-state index is 13.0. The zero-order valence-electron chi connectivity index (χ0n) is 10.3. The number of nitrogens with one attached hydrogen (secondary N) is 1. The number of halogens is 7. The molecule has 0 aromatic heterocycles. The van der Waals surface area contributed by atoms with Gasteiger partial charge in [-0.3, -0.25) is 4.84 Å². The summed E-state index contributed by atoms with van der Waals surface area (Å²) < 4.78 is 77.0. The van der Waals surface area contributed by atoms with Gasteiger partial charge in [0.1, 0.15) is 0 Å². The Bertz CT molecular complexity index is 487. The molecule has 0 heterocycles. The lowest BCUT2D eigenvalue weighted by Crippen LogP contribution is -2.45. The molecule has 0 bridgehead atoms. The van der Waals surface area contributed by atoms with Gasteiger partial charge < -0.3 is 0 Å². The Morgan fingerprint density at radius 2 is 1.50 bits per heavy atom. The van der Waals surface area contributed by atoms with Crippen LogP contribution < -0.4 is 5.48 Å². The predicted octanol–water partition coefficient (Wildman–Crippen LogP) is 4.29. The van der Waals surface area contributed by atoms with E-state index in [0.29, 0.717) is 19.1 Å². The number of hydrogen-bond acceptors (Lipinski definition) is 2. The number of hydrogen-bond donors (Lipinski definition) is 1. The van der Waals surface area contributed by atoms with Gasteiger partial charge in [-0.2, -0.15) is 26.3 Å². The fourth-order valence-electron chi connectivity index (χ4n) is 1.51. The van der Waals surface area contributed by atoms with Crippen molar-refractivity contribution in [1.29, 1.82) is 0 Å². The topological polar surface area (TPSA) is 21.3 Å². The van der Waals surface area contributed by atoms with Crippen LogP contribution >= 0.6 is 11.6 Å². The highest BCUT2D eigenvalue weighted by atomic mass is 35.5.